The zero-order valence-corrected chi connectivity index (χ0v) is 9.05. The van der Waals surface area contributed by atoms with E-state index in [9.17, 15) is 9.59 Å². The van der Waals surface area contributed by atoms with E-state index in [0.29, 0.717) is 12.3 Å². The van der Waals surface area contributed by atoms with Gasteiger partial charge in [0, 0.05) is 6.42 Å². The van der Waals surface area contributed by atoms with Gasteiger partial charge >= 0.3 is 5.97 Å². The fraction of sp³-hybridized carbons (Fsp3) is 0.800. The summed E-state index contributed by atoms with van der Waals surface area (Å²) in [6.45, 7) is 1.96. The number of alkyl halides is 1. The minimum Gasteiger partial charge on any atom is -0.465 e. The van der Waals surface area contributed by atoms with Crippen molar-refractivity contribution in [2.75, 3.05) is 6.61 Å². The van der Waals surface area contributed by atoms with Gasteiger partial charge in [0.05, 0.1) is 6.61 Å². The van der Waals surface area contributed by atoms with Crippen LogP contribution in [0.25, 0.3) is 0 Å². The maximum atomic E-state index is 11.4. The van der Waals surface area contributed by atoms with Gasteiger partial charge in [-0.1, -0.05) is 19.3 Å². The summed E-state index contributed by atoms with van der Waals surface area (Å²) in [4.78, 5) is 22.5. The van der Waals surface area contributed by atoms with E-state index in [1.807, 2.05) is 0 Å². The molecule has 1 rings (SSSR count). The molecule has 0 N–H and O–H groups in total. The predicted octanol–water partition coefficient (Wildman–Crippen LogP) is 1.92. The second-order valence-corrected chi connectivity index (χ2v) is 4.02. The third kappa shape index (κ3) is 2.98. The summed E-state index contributed by atoms with van der Waals surface area (Å²) in [6.07, 6.45) is 3.77. The molecule has 0 aromatic carbocycles. The molecule has 0 spiro atoms. The number of rotatable bonds is 5. The molecule has 0 bridgehead atoms. The molecule has 0 saturated heterocycles. The monoisotopic (exact) mass is 218 g/mol. The smallest absolute Gasteiger partial charge is 0.331 e. The molecular weight excluding hydrogens is 204 g/mol. The number of halogens is 1. The first-order valence-corrected chi connectivity index (χ1v) is 5.42. The molecule has 0 heterocycles. The SMILES string of the molecule is CCOC(=O)[C@H](Cl)C(=O)CC1CCC1. The average Bonchev–Trinajstić information content (AvgIpc) is 2.10. The Hall–Kier alpha value is -0.570. The minimum atomic E-state index is -1.10. The van der Waals surface area contributed by atoms with Crippen LogP contribution in [0.15, 0.2) is 0 Å². The molecule has 0 radical (unpaired) electrons. The molecule has 14 heavy (non-hydrogen) atoms. The largest absolute Gasteiger partial charge is 0.465 e. The van der Waals surface area contributed by atoms with Crippen molar-refractivity contribution < 1.29 is 14.3 Å². The zero-order chi connectivity index (χ0) is 10.6. The Bertz CT molecular complexity index is 223. The molecule has 3 nitrogen and oxygen atoms in total. The first kappa shape index (κ1) is 11.5. The van der Waals surface area contributed by atoms with Crippen LogP contribution in [0.4, 0.5) is 0 Å². The van der Waals surface area contributed by atoms with Crippen LogP contribution >= 0.6 is 11.6 Å². The number of ether oxygens (including phenoxy) is 1. The van der Waals surface area contributed by atoms with Crippen molar-refractivity contribution in [1.82, 2.24) is 0 Å². The minimum absolute atomic E-state index is 0.199. The number of hydrogen-bond acceptors (Lipinski definition) is 3. The van der Waals surface area contributed by atoms with Crippen LogP contribution in [-0.2, 0) is 14.3 Å². The lowest BCUT2D eigenvalue weighted by Crippen LogP contribution is -2.29. The highest BCUT2D eigenvalue weighted by molar-refractivity contribution is 6.41. The van der Waals surface area contributed by atoms with Crippen molar-refractivity contribution in [3.05, 3.63) is 0 Å². The van der Waals surface area contributed by atoms with Gasteiger partial charge < -0.3 is 4.74 Å². The van der Waals surface area contributed by atoms with Gasteiger partial charge in [-0.25, -0.2) is 4.79 Å². The first-order valence-electron chi connectivity index (χ1n) is 4.98. The second-order valence-electron chi connectivity index (χ2n) is 3.58. The number of hydrogen-bond donors (Lipinski definition) is 0. The fourth-order valence-corrected chi connectivity index (χ4v) is 1.58. The van der Waals surface area contributed by atoms with Crippen LogP contribution in [0.5, 0.6) is 0 Å². The van der Waals surface area contributed by atoms with Crippen molar-refractivity contribution in [1.29, 1.82) is 0 Å². The summed E-state index contributed by atoms with van der Waals surface area (Å²) in [5.41, 5.74) is 0. The fourth-order valence-electron chi connectivity index (χ4n) is 1.43. The Morgan fingerprint density at radius 2 is 2.14 bits per heavy atom. The normalized spacial score (nSPS) is 18.4. The Morgan fingerprint density at radius 3 is 2.57 bits per heavy atom. The zero-order valence-electron chi connectivity index (χ0n) is 8.29. The van der Waals surface area contributed by atoms with Crippen molar-refractivity contribution in [2.45, 2.75) is 38.0 Å². The van der Waals surface area contributed by atoms with E-state index in [1.165, 1.54) is 6.42 Å². The third-order valence-electron chi connectivity index (χ3n) is 2.49. The molecule has 1 saturated carbocycles. The van der Waals surface area contributed by atoms with E-state index in [4.69, 9.17) is 11.6 Å². The topological polar surface area (TPSA) is 43.4 Å². The molecule has 1 fully saturated rings. The highest BCUT2D eigenvalue weighted by Gasteiger charge is 2.29. The van der Waals surface area contributed by atoms with E-state index in [0.717, 1.165) is 12.8 Å². The summed E-state index contributed by atoms with van der Waals surface area (Å²) >= 11 is 5.66. The van der Waals surface area contributed by atoms with Crippen molar-refractivity contribution in [3.63, 3.8) is 0 Å². The standard InChI is InChI=1S/C10H15ClO3/c1-2-14-10(13)9(11)8(12)6-7-4-3-5-7/h7,9H,2-6H2,1H3/t9-/m1/s1. The van der Waals surface area contributed by atoms with E-state index >= 15 is 0 Å². The Kier molecular flexibility index (Phi) is 4.39. The molecule has 0 unspecified atom stereocenters. The second kappa shape index (κ2) is 5.35. The summed E-state index contributed by atoms with van der Waals surface area (Å²) < 4.78 is 4.67. The molecule has 4 heteroatoms. The lowest BCUT2D eigenvalue weighted by molar-refractivity contribution is -0.145. The highest BCUT2D eigenvalue weighted by Crippen LogP contribution is 2.30. The lowest BCUT2D eigenvalue weighted by atomic mass is 9.81. The summed E-state index contributed by atoms with van der Waals surface area (Å²) in [5.74, 6) is -0.369. The summed E-state index contributed by atoms with van der Waals surface area (Å²) in [7, 11) is 0. The van der Waals surface area contributed by atoms with Gasteiger partial charge in [-0.3, -0.25) is 4.79 Å². The Morgan fingerprint density at radius 1 is 1.50 bits per heavy atom. The van der Waals surface area contributed by atoms with E-state index < -0.39 is 11.3 Å². The van der Waals surface area contributed by atoms with Gasteiger partial charge in [0.2, 0.25) is 0 Å². The molecular formula is C10H15ClO3. The van der Waals surface area contributed by atoms with Crippen LogP contribution in [-0.4, -0.2) is 23.7 Å². The quantitative estimate of drug-likeness (QED) is 0.402. The van der Waals surface area contributed by atoms with Gasteiger partial charge in [0.25, 0.3) is 0 Å². The highest BCUT2D eigenvalue weighted by atomic mass is 35.5. The molecule has 80 valence electrons. The number of carbonyl (C=O) groups excluding carboxylic acids is 2. The van der Waals surface area contributed by atoms with E-state index in [-0.39, 0.29) is 12.4 Å². The van der Waals surface area contributed by atoms with Crippen molar-refractivity contribution in [3.8, 4) is 0 Å². The molecule has 0 aromatic rings. The predicted molar refractivity (Wildman–Crippen MR) is 53.2 cm³/mol. The van der Waals surface area contributed by atoms with Crippen LogP contribution in [0.3, 0.4) is 0 Å². The summed E-state index contributed by atoms with van der Waals surface area (Å²) in [6, 6.07) is 0. The Labute approximate surface area is 88.8 Å². The molecule has 1 aliphatic rings. The molecule has 1 aliphatic carbocycles. The number of ketones is 1. The van der Waals surface area contributed by atoms with Gasteiger partial charge in [-0.05, 0) is 12.8 Å². The van der Waals surface area contributed by atoms with Crippen LogP contribution in [0.2, 0.25) is 0 Å². The van der Waals surface area contributed by atoms with Gasteiger partial charge in [0.1, 0.15) is 0 Å². The van der Waals surface area contributed by atoms with Crippen LogP contribution in [0.1, 0.15) is 32.6 Å². The van der Waals surface area contributed by atoms with Gasteiger partial charge in [-0.15, -0.1) is 11.6 Å². The number of Topliss-reactive ketones (excluding diaryl/α,β-unsaturated/α-hetero) is 1. The van der Waals surface area contributed by atoms with Gasteiger partial charge in [0.15, 0.2) is 11.2 Å². The van der Waals surface area contributed by atoms with Crippen molar-refractivity contribution in [2.24, 2.45) is 5.92 Å². The van der Waals surface area contributed by atoms with Crippen LogP contribution in [0, 0.1) is 5.92 Å². The van der Waals surface area contributed by atoms with E-state index in [2.05, 4.69) is 4.74 Å². The van der Waals surface area contributed by atoms with Crippen molar-refractivity contribution >= 4 is 23.4 Å². The third-order valence-corrected chi connectivity index (χ3v) is 2.91. The number of esters is 1. The Balaban J connectivity index is 2.30. The lowest BCUT2D eigenvalue weighted by Gasteiger charge is -2.24. The molecule has 1 atom stereocenters. The summed E-state index contributed by atoms with van der Waals surface area (Å²) in [5, 5.41) is -1.10. The van der Waals surface area contributed by atoms with Crippen LogP contribution < -0.4 is 0 Å². The van der Waals surface area contributed by atoms with Gasteiger partial charge in [-0.2, -0.15) is 0 Å². The maximum absolute atomic E-state index is 11.4. The molecule has 0 aromatic heterocycles. The first-order chi connectivity index (χ1) is 6.65. The number of carbonyl (C=O) groups is 2. The van der Waals surface area contributed by atoms with E-state index in [1.54, 1.807) is 6.92 Å². The molecule has 0 amide bonds. The average molecular weight is 219 g/mol. The molecule has 0 aliphatic heterocycles. The maximum Gasteiger partial charge on any atom is 0.331 e.